The molecule has 5 rings (SSSR count). The Balaban J connectivity index is 1.41. The van der Waals surface area contributed by atoms with Crippen LogP contribution in [0.3, 0.4) is 0 Å². The summed E-state index contributed by atoms with van der Waals surface area (Å²) < 4.78 is 7.96. The van der Waals surface area contributed by atoms with Crippen LogP contribution in [0.25, 0.3) is 28.2 Å². The molecule has 0 bridgehead atoms. The van der Waals surface area contributed by atoms with E-state index >= 15 is 0 Å². The molecule has 0 aliphatic heterocycles. The van der Waals surface area contributed by atoms with Crippen molar-refractivity contribution in [2.24, 2.45) is 0 Å². The number of aromatic nitrogens is 4. The highest BCUT2D eigenvalue weighted by Gasteiger charge is 2.18. The predicted octanol–water partition coefficient (Wildman–Crippen LogP) is 4.87. The molecule has 9 heteroatoms. The number of carbonyl (C=O) groups excluding carboxylic acids is 1. The van der Waals surface area contributed by atoms with Gasteiger partial charge in [0.2, 0.25) is 5.91 Å². The van der Waals surface area contributed by atoms with Crippen LogP contribution in [-0.4, -0.2) is 31.4 Å². The second-order valence-electron chi connectivity index (χ2n) is 6.31. The minimum absolute atomic E-state index is 0.156. The first-order valence-electron chi connectivity index (χ1n) is 9.10. The Morgan fingerprint density at radius 3 is 2.77 bits per heavy atom. The number of rotatable bonds is 6. The third-order valence-corrected chi connectivity index (χ3v) is 5.86. The average Bonchev–Trinajstić information content (AvgIpc) is 3.52. The standard InChI is InChI=1S/C21H15N5O2S2/c27-18(23-20-22-10-11-29-20)13-30-21-25-24-19(28-21)17-12-14-6-4-5-9-16(14)26(17)15-7-2-1-3-8-15/h1-12H,13H2,(H,22,23,27). The van der Waals surface area contributed by atoms with Gasteiger partial charge in [0, 0.05) is 22.7 Å². The van der Waals surface area contributed by atoms with Crippen LogP contribution in [0.15, 0.2) is 81.9 Å². The molecular formula is C21H15N5O2S2. The van der Waals surface area contributed by atoms with Crippen LogP contribution < -0.4 is 5.32 Å². The summed E-state index contributed by atoms with van der Waals surface area (Å²) in [6, 6.07) is 20.2. The molecule has 1 amide bonds. The zero-order chi connectivity index (χ0) is 20.3. The first-order valence-corrected chi connectivity index (χ1v) is 11.0. The molecule has 148 valence electrons. The molecule has 0 radical (unpaired) electrons. The molecule has 3 aromatic heterocycles. The quantitative estimate of drug-likeness (QED) is 0.385. The lowest BCUT2D eigenvalue weighted by Gasteiger charge is -2.08. The Labute approximate surface area is 179 Å². The molecule has 0 unspecified atom stereocenters. The third-order valence-electron chi connectivity index (χ3n) is 4.36. The molecule has 30 heavy (non-hydrogen) atoms. The molecule has 0 fully saturated rings. The van der Waals surface area contributed by atoms with E-state index in [1.165, 1.54) is 23.1 Å². The van der Waals surface area contributed by atoms with Crippen molar-refractivity contribution in [2.45, 2.75) is 5.22 Å². The lowest BCUT2D eigenvalue weighted by Crippen LogP contribution is -2.13. The number of fused-ring (bicyclic) bond motifs is 1. The maximum atomic E-state index is 12.1. The Morgan fingerprint density at radius 2 is 1.93 bits per heavy atom. The molecule has 0 saturated heterocycles. The third kappa shape index (κ3) is 3.72. The largest absolute Gasteiger partial charge is 0.410 e. The number of thioether (sulfide) groups is 1. The van der Waals surface area contributed by atoms with Crippen LogP contribution in [0.5, 0.6) is 0 Å². The van der Waals surface area contributed by atoms with Gasteiger partial charge in [-0.05, 0) is 24.3 Å². The molecule has 0 spiro atoms. The fraction of sp³-hybridized carbons (Fsp3) is 0.0476. The van der Waals surface area contributed by atoms with Gasteiger partial charge in [-0.3, -0.25) is 4.79 Å². The summed E-state index contributed by atoms with van der Waals surface area (Å²) in [5.41, 5.74) is 2.85. The van der Waals surface area contributed by atoms with E-state index in [9.17, 15) is 4.79 Å². The summed E-state index contributed by atoms with van der Waals surface area (Å²) in [5, 5.41) is 14.8. The van der Waals surface area contributed by atoms with Gasteiger partial charge in [-0.1, -0.05) is 48.2 Å². The van der Waals surface area contributed by atoms with Gasteiger partial charge in [-0.25, -0.2) is 4.98 Å². The maximum absolute atomic E-state index is 12.1. The minimum Gasteiger partial charge on any atom is -0.410 e. The number of nitrogens with zero attached hydrogens (tertiary/aromatic N) is 4. The van der Waals surface area contributed by atoms with E-state index in [2.05, 4.69) is 31.1 Å². The molecule has 5 aromatic rings. The smallest absolute Gasteiger partial charge is 0.277 e. The number of nitrogens with one attached hydrogen (secondary N) is 1. The topological polar surface area (TPSA) is 85.8 Å². The number of amides is 1. The van der Waals surface area contributed by atoms with Gasteiger partial charge < -0.3 is 14.3 Å². The number of anilines is 1. The Morgan fingerprint density at radius 1 is 1.10 bits per heavy atom. The first-order chi connectivity index (χ1) is 14.8. The van der Waals surface area contributed by atoms with Crippen LogP contribution in [0.4, 0.5) is 5.13 Å². The fourth-order valence-corrected chi connectivity index (χ4v) is 4.22. The number of hydrogen-bond acceptors (Lipinski definition) is 7. The minimum atomic E-state index is -0.173. The SMILES string of the molecule is O=C(CSc1nnc(-c2cc3ccccc3n2-c2ccccc2)o1)Nc1nccs1. The molecule has 0 saturated carbocycles. The van der Waals surface area contributed by atoms with Gasteiger partial charge >= 0.3 is 0 Å². The van der Waals surface area contributed by atoms with E-state index in [-0.39, 0.29) is 11.7 Å². The average molecular weight is 434 g/mol. The highest BCUT2D eigenvalue weighted by molar-refractivity contribution is 7.99. The van der Waals surface area contributed by atoms with E-state index in [4.69, 9.17) is 4.42 Å². The zero-order valence-corrected chi connectivity index (χ0v) is 17.2. The van der Waals surface area contributed by atoms with Gasteiger partial charge in [0.1, 0.15) is 5.69 Å². The van der Waals surface area contributed by atoms with Crippen molar-refractivity contribution < 1.29 is 9.21 Å². The van der Waals surface area contributed by atoms with E-state index in [1.54, 1.807) is 11.6 Å². The summed E-state index contributed by atoms with van der Waals surface area (Å²) in [6.45, 7) is 0. The van der Waals surface area contributed by atoms with Crippen molar-refractivity contribution in [3.8, 4) is 17.3 Å². The first kappa shape index (κ1) is 18.6. The normalized spacial score (nSPS) is 11.1. The summed E-state index contributed by atoms with van der Waals surface area (Å²) in [5.74, 6) is 0.383. The number of benzene rings is 2. The predicted molar refractivity (Wildman–Crippen MR) is 118 cm³/mol. The summed E-state index contributed by atoms with van der Waals surface area (Å²) in [7, 11) is 0. The van der Waals surface area contributed by atoms with Gasteiger partial charge in [-0.15, -0.1) is 21.5 Å². The molecule has 1 N–H and O–H groups in total. The molecule has 0 atom stereocenters. The zero-order valence-electron chi connectivity index (χ0n) is 15.6. The van der Waals surface area contributed by atoms with Crippen molar-refractivity contribution in [3.63, 3.8) is 0 Å². The van der Waals surface area contributed by atoms with E-state index < -0.39 is 0 Å². The van der Waals surface area contributed by atoms with Crippen molar-refractivity contribution in [2.75, 3.05) is 11.1 Å². The molecule has 3 heterocycles. The highest BCUT2D eigenvalue weighted by atomic mass is 32.2. The van der Waals surface area contributed by atoms with Crippen molar-refractivity contribution in [1.82, 2.24) is 19.7 Å². The molecule has 2 aromatic carbocycles. The Kier molecular flexibility index (Phi) is 5.04. The summed E-state index contributed by atoms with van der Waals surface area (Å²) >= 11 is 2.56. The second kappa shape index (κ2) is 8.13. The van der Waals surface area contributed by atoms with Crippen LogP contribution in [-0.2, 0) is 4.79 Å². The van der Waals surface area contributed by atoms with Crippen molar-refractivity contribution in [1.29, 1.82) is 0 Å². The molecule has 0 aliphatic carbocycles. The monoisotopic (exact) mass is 433 g/mol. The Hall–Kier alpha value is -3.43. The number of hydrogen-bond donors (Lipinski definition) is 1. The molecule has 7 nitrogen and oxygen atoms in total. The highest BCUT2D eigenvalue weighted by Crippen LogP contribution is 2.32. The van der Waals surface area contributed by atoms with Gasteiger partial charge in [-0.2, -0.15) is 0 Å². The number of thiazole rings is 1. The maximum Gasteiger partial charge on any atom is 0.277 e. The van der Waals surface area contributed by atoms with Gasteiger partial charge in [0.05, 0.1) is 11.3 Å². The molecular weight excluding hydrogens is 418 g/mol. The summed E-state index contributed by atoms with van der Waals surface area (Å²) in [4.78, 5) is 16.1. The number of para-hydroxylation sites is 2. The van der Waals surface area contributed by atoms with Gasteiger partial charge in [0.15, 0.2) is 5.13 Å². The van der Waals surface area contributed by atoms with Crippen LogP contribution in [0.1, 0.15) is 0 Å². The fourth-order valence-electron chi connectivity index (χ4n) is 3.11. The van der Waals surface area contributed by atoms with Crippen molar-refractivity contribution in [3.05, 3.63) is 72.2 Å². The number of carbonyl (C=O) groups is 1. The van der Waals surface area contributed by atoms with Gasteiger partial charge in [0.25, 0.3) is 11.1 Å². The lowest BCUT2D eigenvalue weighted by atomic mass is 10.2. The van der Waals surface area contributed by atoms with Crippen LogP contribution in [0.2, 0.25) is 0 Å². The van der Waals surface area contributed by atoms with Crippen LogP contribution in [0, 0.1) is 0 Å². The van der Waals surface area contributed by atoms with E-state index in [0.717, 1.165) is 22.3 Å². The van der Waals surface area contributed by atoms with E-state index in [0.29, 0.717) is 16.2 Å². The lowest BCUT2D eigenvalue weighted by molar-refractivity contribution is -0.113. The Bertz CT molecular complexity index is 1300. The van der Waals surface area contributed by atoms with E-state index in [1.807, 2.05) is 54.6 Å². The van der Waals surface area contributed by atoms with Crippen molar-refractivity contribution >= 4 is 45.0 Å². The second-order valence-corrected chi connectivity index (χ2v) is 8.13. The van der Waals surface area contributed by atoms with Crippen LogP contribution >= 0.6 is 23.1 Å². The summed E-state index contributed by atoms with van der Waals surface area (Å²) in [6.07, 6.45) is 1.64. The molecule has 0 aliphatic rings.